The molecule has 0 bridgehead atoms. The van der Waals surface area contributed by atoms with Crippen LogP contribution >= 0.6 is 11.6 Å². The molecule has 0 radical (unpaired) electrons. The van der Waals surface area contributed by atoms with Gasteiger partial charge in [0.2, 0.25) is 0 Å². The van der Waals surface area contributed by atoms with E-state index in [4.69, 9.17) is 11.6 Å². The maximum absolute atomic E-state index is 14.1. The van der Waals surface area contributed by atoms with Gasteiger partial charge in [-0.2, -0.15) is 17.9 Å². The summed E-state index contributed by atoms with van der Waals surface area (Å²) >= 11 is 5.49. The molecule has 0 spiro atoms. The molecule has 2 aromatic carbocycles. The predicted octanol–water partition coefficient (Wildman–Crippen LogP) is 3.58. The highest BCUT2D eigenvalue weighted by atomic mass is 35.5. The van der Waals surface area contributed by atoms with Crippen LogP contribution in [0.15, 0.2) is 41.3 Å². The Morgan fingerprint density at radius 1 is 1.14 bits per heavy atom. The molecule has 7 nitrogen and oxygen atoms in total. The van der Waals surface area contributed by atoms with E-state index in [0.29, 0.717) is 11.9 Å². The van der Waals surface area contributed by atoms with E-state index >= 15 is 0 Å². The van der Waals surface area contributed by atoms with Crippen molar-refractivity contribution in [3.63, 3.8) is 0 Å². The fourth-order valence-electron chi connectivity index (χ4n) is 2.29. The summed E-state index contributed by atoms with van der Waals surface area (Å²) in [6.45, 7) is 1.57. The maximum atomic E-state index is 14.1. The number of tetrazole rings is 1. The Kier molecular flexibility index (Phi) is 5.02. The van der Waals surface area contributed by atoms with Gasteiger partial charge in [0.05, 0.1) is 26.9 Å². The van der Waals surface area contributed by atoms with E-state index in [1.807, 2.05) is 4.72 Å². The Morgan fingerprint density at radius 3 is 2.46 bits per heavy atom. The Labute approximate surface area is 161 Å². The third kappa shape index (κ3) is 3.92. The molecule has 0 saturated carbocycles. The van der Waals surface area contributed by atoms with Crippen molar-refractivity contribution in [1.82, 2.24) is 20.2 Å². The molecule has 0 atom stereocenters. The summed E-state index contributed by atoms with van der Waals surface area (Å²) in [5.74, 6) is -0.587. The largest absolute Gasteiger partial charge is 0.417 e. The number of hydrogen-bond donors (Lipinski definition) is 1. The lowest BCUT2D eigenvalue weighted by molar-refractivity contribution is -0.137. The quantitative estimate of drug-likeness (QED) is 0.633. The summed E-state index contributed by atoms with van der Waals surface area (Å²) in [4.78, 5) is -0.729. The molecule has 0 fully saturated rings. The highest BCUT2D eigenvalue weighted by Gasteiger charge is 2.34. The minimum Gasteiger partial charge on any atom is -0.277 e. The van der Waals surface area contributed by atoms with Gasteiger partial charge in [0.1, 0.15) is 5.82 Å². The zero-order valence-electron chi connectivity index (χ0n) is 13.9. The summed E-state index contributed by atoms with van der Waals surface area (Å²) in [5.41, 5.74) is -1.57. The van der Waals surface area contributed by atoms with E-state index in [-0.39, 0.29) is 5.69 Å². The number of nitrogens with zero attached hydrogens (tertiary/aromatic N) is 4. The second-order valence-corrected chi connectivity index (χ2v) is 7.64. The van der Waals surface area contributed by atoms with Crippen molar-refractivity contribution >= 4 is 27.3 Å². The molecule has 28 heavy (non-hydrogen) atoms. The lowest BCUT2D eigenvalue weighted by atomic mass is 10.2. The number of sulfonamides is 1. The van der Waals surface area contributed by atoms with Gasteiger partial charge in [0.15, 0.2) is 5.82 Å². The number of hydrogen-bond acceptors (Lipinski definition) is 5. The molecular weight excluding hydrogens is 426 g/mol. The Hall–Kier alpha value is -2.73. The van der Waals surface area contributed by atoms with Gasteiger partial charge in [-0.05, 0) is 53.7 Å². The molecule has 148 valence electrons. The zero-order valence-corrected chi connectivity index (χ0v) is 15.4. The molecular formula is C15H10ClF4N5O2S. The van der Waals surface area contributed by atoms with Crippen molar-refractivity contribution < 1.29 is 26.0 Å². The summed E-state index contributed by atoms with van der Waals surface area (Å²) < 4.78 is 81.1. The molecule has 0 aliphatic rings. The van der Waals surface area contributed by atoms with Crippen molar-refractivity contribution in [3.05, 3.63) is 58.6 Å². The Bertz CT molecular complexity index is 1150. The molecule has 3 rings (SSSR count). The fraction of sp³-hybridized carbons (Fsp3) is 0.133. The van der Waals surface area contributed by atoms with Crippen LogP contribution in [0, 0.1) is 12.7 Å². The summed E-state index contributed by atoms with van der Waals surface area (Å²) in [5, 5.41) is 10.1. The number of halogens is 5. The molecule has 0 unspecified atom stereocenters. The van der Waals surface area contributed by atoms with E-state index < -0.39 is 43.2 Å². The van der Waals surface area contributed by atoms with Crippen LogP contribution in [0.25, 0.3) is 5.69 Å². The zero-order chi connectivity index (χ0) is 20.7. The average Bonchev–Trinajstić information content (AvgIpc) is 3.02. The minimum atomic E-state index is -4.86. The van der Waals surface area contributed by atoms with Gasteiger partial charge in [0.25, 0.3) is 10.0 Å². The number of aryl methyl sites for hydroxylation is 1. The van der Waals surface area contributed by atoms with Crippen LogP contribution in [-0.2, 0) is 16.2 Å². The lowest BCUT2D eigenvalue weighted by Crippen LogP contribution is -2.16. The second kappa shape index (κ2) is 7.02. The van der Waals surface area contributed by atoms with Gasteiger partial charge in [0, 0.05) is 0 Å². The van der Waals surface area contributed by atoms with Crippen LogP contribution in [0.4, 0.5) is 23.2 Å². The first-order chi connectivity index (χ1) is 13.0. The van der Waals surface area contributed by atoms with Crippen LogP contribution < -0.4 is 4.72 Å². The van der Waals surface area contributed by atoms with Crippen molar-refractivity contribution in [2.45, 2.75) is 18.0 Å². The van der Waals surface area contributed by atoms with Crippen LogP contribution in [0.2, 0.25) is 5.02 Å². The smallest absolute Gasteiger partial charge is 0.277 e. The highest BCUT2D eigenvalue weighted by molar-refractivity contribution is 7.92. The average molecular weight is 436 g/mol. The van der Waals surface area contributed by atoms with Gasteiger partial charge in [-0.15, -0.1) is 5.10 Å². The number of anilines is 1. The van der Waals surface area contributed by atoms with E-state index in [0.717, 1.165) is 24.3 Å². The second-order valence-electron chi connectivity index (χ2n) is 5.55. The van der Waals surface area contributed by atoms with Gasteiger partial charge < -0.3 is 0 Å². The fourth-order valence-corrected chi connectivity index (χ4v) is 3.59. The molecule has 3 aromatic rings. The summed E-state index contributed by atoms with van der Waals surface area (Å²) in [6.07, 6.45) is -4.86. The highest BCUT2D eigenvalue weighted by Crippen LogP contribution is 2.36. The van der Waals surface area contributed by atoms with Gasteiger partial charge in [-0.3, -0.25) is 4.72 Å². The van der Waals surface area contributed by atoms with E-state index in [2.05, 4.69) is 15.5 Å². The third-order valence-electron chi connectivity index (χ3n) is 3.62. The van der Waals surface area contributed by atoms with Crippen molar-refractivity contribution in [2.24, 2.45) is 0 Å². The van der Waals surface area contributed by atoms with Gasteiger partial charge in [-0.25, -0.2) is 12.8 Å². The molecule has 1 heterocycles. The molecule has 0 amide bonds. The summed E-state index contributed by atoms with van der Waals surface area (Å²) in [6, 6.07) is 5.44. The molecule has 0 aliphatic carbocycles. The monoisotopic (exact) mass is 435 g/mol. The molecule has 13 heteroatoms. The van der Waals surface area contributed by atoms with Crippen LogP contribution in [0.1, 0.15) is 11.4 Å². The number of rotatable bonds is 4. The maximum Gasteiger partial charge on any atom is 0.417 e. The van der Waals surface area contributed by atoms with Crippen LogP contribution in [0.3, 0.4) is 0 Å². The Morgan fingerprint density at radius 2 is 1.86 bits per heavy atom. The van der Waals surface area contributed by atoms with Crippen molar-refractivity contribution in [2.75, 3.05) is 4.72 Å². The third-order valence-corrected chi connectivity index (χ3v) is 5.31. The lowest BCUT2D eigenvalue weighted by Gasteiger charge is -2.13. The van der Waals surface area contributed by atoms with Crippen LogP contribution in [0.5, 0.6) is 0 Å². The van der Waals surface area contributed by atoms with Gasteiger partial charge >= 0.3 is 6.18 Å². The molecule has 0 aliphatic heterocycles. The minimum absolute atomic E-state index is 0.244. The predicted molar refractivity (Wildman–Crippen MR) is 91.1 cm³/mol. The molecule has 0 saturated heterocycles. The number of nitrogens with one attached hydrogen (secondary N) is 1. The van der Waals surface area contributed by atoms with Gasteiger partial charge in [-0.1, -0.05) is 11.6 Å². The normalized spacial score (nSPS) is 12.2. The molecule has 1 N–H and O–H groups in total. The van der Waals surface area contributed by atoms with Crippen molar-refractivity contribution in [3.8, 4) is 5.69 Å². The molecule has 1 aromatic heterocycles. The number of aromatic nitrogens is 4. The number of alkyl halides is 3. The number of benzene rings is 2. The Balaban J connectivity index is 2.01. The van der Waals surface area contributed by atoms with E-state index in [1.165, 1.54) is 10.7 Å². The van der Waals surface area contributed by atoms with Crippen LogP contribution in [-0.4, -0.2) is 28.6 Å². The topological polar surface area (TPSA) is 89.8 Å². The SMILES string of the molecule is Cc1nnnn1-c1ccc(F)c(NS(=O)(=O)c2ccc(Cl)c(C(F)(F)F)c2)c1. The first-order valence-corrected chi connectivity index (χ1v) is 9.29. The first kappa shape index (κ1) is 20.0. The summed E-state index contributed by atoms with van der Waals surface area (Å²) in [7, 11) is -4.54. The van der Waals surface area contributed by atoms with E-state index in [1.54, 1.807) is 6.92 Å². The standard InChI is InChI=1S/C15H10ClF4N5O2S/c1-8-21-23-24-25(8)9-2-5-13(17)14(6-9)22-28(26,27)10-3-4-12(16)11(7-10)15(18,19)20/h2-7,22H,1H3. The van der Waals surface area contributed by atoms with Crippen molar-refractivity contribution in [1.29, 1.82) is 0 Å². The first-order valence-electron chi connectivity index (χ1n) is 7.43. The van der Waals surface area contributed by atoms with E-state index in [9.17, 15) is 26.0 Å².